The lowest BCUT2D eigenvalue weighted by Gasteiger charge is -2.26. The number of carbonyl (C=O) groups is 1. The Morgan fingerprint density at radius 1 is 1.26 bits per heavy atom. The molecule has 1 aliphatic rings. The molecule has 4 heteroatoms. The molecule has 0 saturated heterocycles. The van der Waals surface area contributed by atoms with Gasteiger partial charge >= 0.3 is 0 Å². The molecule has 0 spiro atoms. The molecule has 1 aromatic rings. The van der Waals surface area contributed by atoms with E-state index in [2.05, 4.69) is 0 Å². The SMILES string of the molecule is CCCC1c2c(F)ccc(F)c2C(=O)N1CC(C)C. The Labute approximate surface area is 112 Å². The molecule has 1 aliphatic heterocycles. The van der Waals surface area contributed by atoms with E-state index in [0.29, 0.717) is 13.0 Å². The van der Waals surface area contributed by atoms with Crippen LogP contribution in [0.5, 0.6) is 0 Å². The number of halogens is 2. The molecule has 0 aromatic heterocycles. The summed E-state index contributed by atoms with van der Waals surface area (Å²) < 4.78 is 27.8. The van der Waals surface area contributed by atoms with E-state index in [4.69, 9.17) is 0 Å². The van der Waals surface area contributed by atoms with Crippen LogP contribution in [0.2, 0.25) is 0 Å². The monoisotopic (exact) mass is 267 g/mol. The third-order valence-electron chi connectivity index (χ3n) is 3.45. The third-order valence-corrected chi connectivity index (χ3v) is 3.45. The zero-order chi connectivity index (χ0) is 14.2. The Bertz CT molecular complexity index is 499. The summed E-state index contributed by atoms with van der Waals surface area (Å²) in [6, 6.07) is 1.82. The minimum atomic E-state index is -0.617. The normalized spacial score (nSPS) is 18.3. The van der Waals surface area contributed by atoms with Crippen LogP contribution in [0, 0.1) is 17.6 Å². The molecule has 0 N–H and O–H groups in total. The zero-order valence-corrected chi connectivity index (χ0v) is 11.5. The molecule has 0 aliphatic carbocycles. The van der Waals surface area contributed by atoms with Crippen LogP contribution in [-0.2, 0) is 0 Å². The molecule has 1 heterocycles. The standard InChI is InChI=1S/C15H19F2NO/c1-4-5-12-13-10(16)6-7-11(17)14(13)15(19)18(12)8-9(2)3/h6-7,9,12H,4-5,8H2,1-3H3. The predicted octanol–water partition coefficient (Wildman–Crippen LogP) is 3.92. The highest BCUT2D eigenvalue weighted by atomic mass is 19.1. The number of hydrogen-bond acceptors (Lipinski definition) is 1. The number of hydrogen-bond donors (Lipinski definition) is 0. The van der Waals surface area contributed by atoms with Crippen molar-refractivity contribution < 1.29 is 13.6 Å². The number of benzene rings is 1. The van der Waals surface area contributed by atoms with Crippen molar-refractivity contribution in [1.82, 2.24) is 4.90 Å². The number of fused-ring (bicyclic) bond motifs is 1. The predicted molar refractivity (Wildman–Crippen MR) is 69.9 cm³/mol. The molecule has 2 nitrogen and oxygen atoms in total. The van der Waals surface area contributed by atoms with E-state index in [-0.39, 0.29) is 29.0 Å². The Morgan fingerprint density at radius 3 is 2.47 bits per heavy atom. The van der Waals surface area contributed by atoms with Crippen molar-refractivity contribution in [1.29, 1.82) is 0 Å². The van der Waals surface area contributed by atoms with E-state index in [1.165, 1.54) is 0 Å². The van der Waals surface area contributed by atoms with Gasteiger partial charge < -0.3 is 4.90 Å². The summed E-state index contributed by atoms with van der Waals surface area (Å²) >= 11 is 0. The summed E-state index contributed by atoms with van der Waals surface area (Å²) in [4.78, 5) is 13.9. The van der Waals surface area contributed by atoms with Crippen LogP contribution >= 0.6 is 0 Å². The molecule has 0 fully saturated rings. The van der Waals surface area contributed by atoms with Crippen molar-refractivity contribution in [2.45, 2.75) is 39.7 Å². The first-order chi connectivity index (χ1) is 8.97. The van der Waals surface area contributed by atoms with Gasteiger partial charge in [-0.2, -0.15) is 0 Å². The summed E-state index contributed by atoms with van der Waals surface area (Å²) in [6.45, 7) is 6.49. The largest absolute Gasteiger partial charge is 0.331 e. The van der Waals surface area contributed by atoms with Gasteiger partial charge in [-0.1, -0.05) is 27.2 Å². The van der Waals surface area contributed by atoms with Crippen molar-refractivity contribution >= 4 is 5.91 Å². The molecule has 0 radical (unpaired) electrons. The fourth-order valence-corrected chi connectivity index (χ4v) is 2.73. The van der Waals surface area contributed by atoms with Crippen LogP contribution in [0.4, 0.5) is 8.78 Å². The molecular weight excluding hydrogens is 248 g/mol. The van der Waals surface area contributed by atoms with Crippen LogP contribution in [0.25, 0.3) is 0 Å². The molecule has 1 aromatic carbocycles. The molecule has 1 unspecified atom stereocenters. The second-order valence-electron chi connectivity index (χ2n) is 5.47. The van der Waals surface area contributed by atoms with Crippen molar-refractivity contribution in [3.63, 3.8) is 0 Å². The average molecular weight is 267 g/mol. The number of nitrogens with zero attached hydrogens (tertiary/aromatic N) is 1. The van der Waals surface area contributed by atoms with E-state index >= 15 is 0 Å². The smallest absolute Gasteiger partial charge is 0.257 e. The summed E-state index contributed by atoms with van der Waals surface area (Å²) in [6.07, 6.45) is 1.48. The Kier molecular flexibility index (Phi) is 3.88. The molecule has 0 bridgehead atoms. The number of amides is 1. The third kappa shape index (κ3) is 2.36. The van der Waals surface area contributed by atoms with Gasteiger partial charge in [-0.05, 0) is 24.5 Å². The topological polar surface area (TPSA) is 20.3 Å². The van der Waals surface area contributed by atoms with Crippen molar-refractivity contribution in [3.8, 4) is 0 Å². The second-order valence-corrected chi connectivity index (χ2v) is 5.47. The van der Waals surface area contributed by atoms with Gasteiger partial charge in [0.15, 0.2) is 0 Å². The van der Waals surface area contributed by atoms with Gasteiger partial charge in [0, 0.05) is 12.1 Å². The maximum atomic E-state index is 14.0. The van der Waals surface area contributed by atoms with Gasteiger partial charge in [0.05, 0.1) is 11.6 Å². The van der Waals surface area contributed by atoms with Gasteiger partial charge in [0.2, 0.25) is 0 Å². The molecule has 0 saturated carbocycles. The molecule has 19 heavy (non-hydrogen) atoms. The van der Waals surface area contributed by atoms with Crippen LogP contribution in [0.3, 0.4) is 0 Å². The van der Waals surface area contributed by atoms with Crippen molar-refractivity contribution in [2.24, 2.45) is 5.92 Å². The van der Waals surface area contributed by atoms with Gasteiger partial charge in [-0.25, -0.2) is 8.78 Å². The maximum absolute atomic E-state index is 14.0. The van der Waals surface area contributed by atoms with E-state index in [1.807, 2.05) is 20.8 Å². The first-order valence-electron chi connectivity index (χ1n) is 6.76. The highest BCUT2D eigenvalue weighted by Gasteiger charge is 2.40. The first-order valence-corrected chi connectivity index (χ1v) is 6.76. The van der Waals surface area contributed by atoms with Crippen LogP contribution in [-0.4, -0.2) is 17.4 Å². The quantitative estimate of drug-likeness (QED) is 0.809. The van der Waals surface area contributed by atoms with E-state index in [0.717, 1.165) is 18.6 Å². The van der Waals surface area contributed by atoms with E-state index in [1.54, 1.807) is 4.90 Å². The molecule has 1 atom stereocenters. The number of rotatable bonds is 4. The summed E-state index contributed by atoms with van der Waals surface area (Å²) in [5.41, 5.74) is 0.173. The minimum absolute atomic E-state index is 0.0703. The van der Waals surface area contributed by atoms with Crippen LogP contribution in [0.1, 0.15) is 55.6 Å². The molecular formula is C15H19F2NO. The van der Waals surface area contributed by atoms with E-state index in [9.17, 15) is 13.6 Å². The van der Waals surface area contributed by atoms with Crippen LogP contribution in [0.15, 0.2) is 12.1 Å². The highest BCUT2D eigenvalue weighted by Crippen LogP contribution is 2.39. The number of carbonyl (C=O) groups excluding carboxylic acids is 1. The average Bonchev–Trinajstić information content (AvgIpc) is 2.60. The second kappa shape index (κ2) is 5.27. The molecule has 104 valence electrons. The summed E-state index contributed by atoms with van der Waals surface area (Å²) in [5.74, 6) is -1.20. The fourth-order valence-electron chi connectivity index (χ4n) is 2.73. The Morgan fingerprint density at radius 2 is 1.89 bits per heavy atom. The van der Waals surface area contributed by atoms with Gasteiger partial charge in [0.1, 0.15) is 11.6 Å². The van der Waals surface area contributed by atoms with Gasteiger partial charge in [-0.15, -0.1) is 0 Å². The van der Waals surface area contributed by atoms with E-state index < -0.39 is 11.6 Å². The molecule has 2 rings (SSSR count). The zero-order valence-electron chi connectivity index (χ0n) is 11.5. The van der Waals surface area contributed by atoms with Crippen molar-refractivity contribution in [3.05, 3.63) is 34.9 Å². The van der Waals surface area contributed by atoms with Crippen molar-refractivity contribution in [2.75, 3.05) is 6.54 Å². The summed E-state index contributed by atoms with van der Waals surface area (Å²) in [5, 5.41) is 0. The Balaban J connectivity index is 2.50. The fraction of sp³-hybridized carbons (Fsp3) is 0.533. The first kappa shape index (κ1) is 14.0. The summed E-state index contributed by atoms with van der Waals surface area (Å²) in [7, 11) is 0. The van der Waals surface area contributed by atoms with Gasteiger partial charge in [0.25, 0.3) is 5.91 Å². The maximum Gasteiger partial charge on any atom is 0.257 e. The Hall–Kier alpha value is -1.45. The molecule has 1 amide bonds. The minimum Gasteiger partial charge on any atom is -0.331 e. The lowest BCUT2D eigenvalue weighted by Crippen LogP contribution is -2.31. The lowest BCUT2D eigenvalue weighted by molar-refractivity contribution is 0.0688. The lowest BCUT2D eigenvalue weighted by atomic mass is 9.99. The van der Waals surface area contributed by atoms with Crippen LogP contribution < -0.4 is 0 Å². The highest BCUT2D eigenvalue weighted by molar-refractivity contribution is 5.99. The van der Waals surface area contributed by atoms with Gasteiger partial charge in [-0.3, -0.25) is 4.79 Å².